The Balaban J connectivity index is 2.98. The van der Waals surface area contributed by atoms with Crippen molar-refractivity contribution in [2.24, 2.45) is 11.7 Å². The van der Waals surface area contributed by atoms with E-state index in [0.717, 1.165) is 12.0 Å². The lowest BCUT2D eigenvalue weighted by atomic mass is 9.98. The Morgan fingerprint density at radius 2 is 1.70 bits per heavy atom. The number of thioether (sulfide) groups is 1. The standard InChI is InChI=1S/C22H35N3O4S/c1-5-15(3)19(23)21(27)25-18(14-16-10-8-7-9-11-16)20(26)24-17(12-13-30-4)22(28)29-6-2/h7-11,15,17-19H,5-6,12-14,23H2,1-4H3,(H,24,26)(H,25,27)/t15-,17-,18-,19-/m0/s1. The quantitative estimate of drug-likeness (QED) is 0.407. The smallest absolute Gasteiger partial charge is 0.328 e. The number of amides is 2. The maximum absolute atomic E-state index is 13.0. The first-order valence-electron chi connectivity index (χ1n) is 10.4. The van der Waals surface area contributed by atoms with Gasteiger partial charge in [-0.25, -0.2) is 4.79 Å². The van der Waals surface area contributed by atoms with Gasteiger partial charge in [0.1, 0.15) is 12.1 Å². The summed E-state index contributed by atoms with van der Waals surface area (Å²) in [6, 6.07) is 7.08. The maximum Gasteiger partial charge on any atom is 0.328 e. The molecular formula is C22H35N3O4S. The molecule has 0 fully saturated rings. The van der Waals surface area contributed by atoms with Gasteiger partial charge in [0, 0.05) is 6.42 Å². The lowest BCUT2D eigenvalue weighted by molar-refractivity contribution is -0.147. The van der Waals surface area contributed by atoms with Crippen LogP contribution in [0.5, 0.6) is 0 Å². The highest BCUT2D eigenvalue weighted by Crippen LogP contribution is 2.09. The van der Waals surface area contributed by atoms with Gasteiger partial charge in [0.05, 0.1) is 12.6 Å². The molecule has 168 valence electrons. The predicted octanol–water partition coefficient (Wildman–Crippen LogP) is 1.89. The molecule has 0 aliphatic carbocycles. The Morgan fingerprint density at radius 1 is 1.07 bits per heavy atom. The molecule has 0 bridgehead atoms. The van der Waals surface area contributed by atoms with Gasteiger partial charge in [-0.05, 0) is 36.8 Å². The minimum absolute atomic E-state index is 0.0145. The molecule has 1 aromatic rings. The van der Waals surface area contributed by atoms with Crippen molar-refractivity contribution in [3.63, 3.8) is 0 Å². The molecular weight excluding hydrogens is 402 g/mol. The number of nitrogens with two attached hydrogens (primary N) is 1. The van der Waals surface area contributed by atoms with Crippen molar-refractivity contribution in [2.75, 3.05) is 18.6 Å². The Bertz CT molecular complexity index is 672. The fraction of sp³-hybridized carbons (Fsp3) is 0.591. The fourth-order valence-electron chi connectivity index (χ4n) is 2.84. The van der Waals surface area contributed by atoms with Crippen molar-refractivity contribution in [1.29, 1.82) is 0 Å². The second-order valence-electron chi connectivity index (χ2n) is 7.26. The predicted molar refractivity (Wildman–Crippen MR) is 121 cm³/mol. The van der Waals surface area contributed by atoms with Crippen LogP contribution in [-0.2, 0) is 25.5 Å². The number of esters is 1. The summed E-state index contributed by atoms with van der Waals surface area (Å²) in [7, 11) is 0. The fourth-order valence-corrected chi connectivity index (χ4v) is 3.31. The summed E-state index contributed by atoms with van der Waals surface area (Å²) in [6.45, 7) is 5.82. The highest BCUT2D eigenvalue weighted by atomic mass is 32.2. The molecule has 0 saturated carbocycles. The van der Waals surface area contributed by atoms with Gasteiger partial charge in [-0.1, -0.05) is 50.6 Å². The maximum atomic E-state index is 13.0. The first-order chi connectivity index (χ1) is 14.3. The Kier molecular flexibility index (Phi) is 12.2. The van der Waals surface area contributed by atoms with Crippen LogP contribution in [-0.4, -0.2) is 54.5 Å². The Morgan fingerprint density at radius 3 is 2.27 bits per heavy atom. The molecule has 4 N–H and O–H groups in total. The highest BCUT2D eigenvalue weighted by molar-refractivity contribution is 7.98. The molecule has 0 unspecified atom stereocenters. The summed E-state index contributed by atoms with van der Waals surface area (Å²) in [5, 5.41) is 5.54. The number of carbonyl (C=O) groups excluding carboxylic acids is 3. The van der Waals surface area contributed by atoms with Gasteiger partial charge < -0.3 is 21.1 Å². The lowest BCUT2D eigenvalue weighted by Gasteiger charge is -2.25. The number of carbonyl (C=O) groups is 3. The number of hydrogen-bond acceptors (Lipinski definition) is 6. The average Bonchev–Trinajstić information content (AvgIpc) is 2.75. The van der Waals surface area contributed by atoms with Crippen LogP contribution >= 0.6 is 11.8 Å². The van der Waals surface area contributed by atoms with Gasteiger partial charge >= 0.3 is 5.97 Å². The summed E-state index contributed by atoms with van der Waals surface area (Å²) in [4.78, 5) is 37.9. The minimum Gasteiger partial charge on any atom is -0.464 e. The van der Waals surface area contributed by atoms with Crippen LogP contribution in [0.1, 0.15) is 39.2 Å². The summed E-state index contributed by atoms with van der Waals surface area (Å²) >= 11 is 1.58. The molecule has 0 heterocycles. The summed E-state index contributed by atoms with van der Waals surface area (Å²) < 4.78 is 5.10. The third-order valence-electron chi connectivity index (χ3n) is 4.97. The molecule has 0 saturated heterocycles. The SMILES string of the molecule is CCOC(=O)[C@H](CCSC)NC(=O)[C@H](Cc1ccccc1)NC(=O)[C@@H](N)[C@@H](C)CC. The van der Waals surface area contributed by atoms with E-state index in [1.54, 1.807) is 18.7 Å². The normalized spacial score (nSPS) is 14.8. The molecule has 0 radical (unpaired) electrons. The number of ether oxygens (including phenoxy) is 1. The minimum atomic E-state index is -0.846. The van der Waals surface area contributed by atoms with Crippen molar-refractivity contribution in [3.05, 3.63) is 35.9 Å². The third kappa shape index (κ3) is 8.75. The van der Waals surface area contributed by atoms with Gasteiger partial charge in [-0.3, -0.25) is 9.59 Å². The monoisotopic (exact) mass is 437 g/mol. The molecule has 0 aliphatic heterocycles. The molecule has 1 rings (SSSR count). The van der Waals surface area contributed by atoms with E-state index in [9.17, 15) is 14.4 Å². The topological polar surface area (TPSA) is 111 Å². The van der Waals surface area contributed by atoms with Crippen LogP contribution in [0.3, 0.4) is 0 Å². The van der Waals surface area contributed by atoms with E-state index in [4.69, 9.17) is 10.5 Å². The first-order valence-corrected chi connectivity index (χ1v) is 11.8. The van der Waals surface area contributed by atoms with Crippen LogP contribution in [0.15, 0.2) is 30.3 Å². The number of nitrogens with one attached hydrogen (secondary N) is 2. The summed E-state index contributed by atoms with van der Waals surface area (Å²) in [5.74, 6) is -0.599. The van der Waals surface area contributed by atoms with Crippen LogP contribution < -0.4 is 16.4 Å². The Hall–Kier alpha value is -2.06. The number of rotatable bonds is 13. The van der Waals surface area contributed by atoms with Crippen molar-refractivity contribution < 1.29 is 19.1 Å². The largest absolute Gasteiger partial charge is 0.464 e. The molecule has 0 aliphatic rings. The zero-order chi connectivity index (χ0) is 22.5. The zero-order valence-corrected chi connectivity index (χ0v) is 19.2. The first kappa shape index (κ1) is 26.0. The van der Waals surface area contributed by atoms with Gasteiger partial charge in [0.15, 0.2) is 0 Å². The molecule has 4 atom stereocenters. The number of hydrogen-bond donors (Lipinski definition) is 3. The van der Waals surface area contributed by atoms with Crippen molar-refractivity contribution in [2.45, 2.75) is 58.2 Å². The molecule has 0 spiro atoms. The van der Waals surface area contributed by atoms with E-state index >= 15 is 0 Å². The van der Waals surface area contributed by atoms with E-state index in [1.807, 2.05) is 50.4 Å². The Labute approximate surface area is 183 Å². The lowest BCUT2D eigenvalue weighted by Crippen LogP contribution is -2.56. The third-order valence-corrected chi connectivity index (χ3v) is 5.62. The second kappa shape index (κ2) is 14.0. The number of benzene rings is 1. The van der Waals surface area contributed by atoms with Gasteiger partial charge in [0.25, 0.3) is 0 Å². The van der Waals surface area contributed by atoms with E-state index in [-0.39, 0.29) is 18.4 Å². The van der Waals surface area contributed by atoms with Crippen LogP contribution in [0.25, 0.3) is 0 Å². The zero-order valence-electron chi connectivity index (χ0n) is 18.4. The molecule has 1 aromatic carbocycles. The van der Waals surface area contributed by atoms with Crippen LogP contribution in [0.2, 0.25) is 0 Å². The molecule has 30 heavy (non-hydrogen) atoms. The molecule has 0 aromatic heterocycles. The van der Waals surface area contributed by atoms with E-state index in [1.165, 1.54) is 0 Å². The van der Waals surface area contributed by atoms with Gasteiger partial charge in [0.2, 0.25) is 11.8 Å². The van der Waals surface area contributed by atoms with Gasteiger partial charge in [-0.2, -0.15) is 11.8 Å². The second-order valence-corrected chi connectivity index (χ2v) is 8.24. The molecule has 7 nitrogen and oxygen atoms in total. The van der Waals surface area contributed by atoms with Crippen molar-refractivity contribution in [3.8, 4) is 0 Å². The highest BCUT2D eigenvalue weighted by Gasteiger charge is 2.29. The molecule has 2 amide bonds. The van der Waals surface area contributed by atoms with E-state index in [0.29, 0.717) is 18.6 Å². The van der Waals surface area contributed by atoms with Crippen molar-refractivity contribution in [1.82, 2.24) is 10.6 Å². The average molecular weight is 438 g/mol. The summed E-state index contributed by atoms with van der Waals surface area (Å²) in [5.41, 5.74) is 6.94. The van der Waals surface area contributed by atoms with Crippen LogP contribution in [0, 0.1) is 5.92 Å². The van der Waals surface area contributed by atoms with E-state index in [2.05, 4.69) is 10.6 Å². The van der Waals surface area contributed by atoms with Crippen molar-refractivity contribution >= 4 is 29.5 Å². The summed E-state index contributed by atoms with van der Waals surface area (Å²) in [6.07, 6.45) is 3.43. The van der Waals surface area contributed by atoms with Crippen LogP contribution in [0.4, 0.5) is 0 Å². The molecule has 8 heteroatoms. The van der Waals surface area contributed by atoms with E-state index < -0.39 is 30.0 Å². The van der Waals surface area contributed by atoms with Gasteiger partial charge in [-0.15, -0.1) is 0 Å².